The summed E-state index contributed by atoms with van der Waals surface area (Å²) < 4.78 is 10.7. The van der Waals surface area contributed by atoms with Gasteiger partial charge in [0.25, 0.3) is 0 Å². The molecule has 154 valence electrons. The number of benzene rings is 3. The Morgan fingerprint density at radius 3 is 1.73 bits per heavy atom. The zero-order valence-electron chi connectivity index (χ0n) is 17.8. The van der Waals surface area contributed by atoms with E-state index < -0.39 is 0 Å². The molecular formula is C26H27NO3. The molecule has 1 unspecified atom stereocenters. The highest BCUT2D eigenvalue weighted by atomic mass is 16.6. The number of hydrogen-bond donors (Lipinski definition) is 0. The number of hydrogen-bond acceptors (Lipinski definition) is 4. The van der Waals surface area contributed by atoms with Gasteiger partial charge in [-0.25, -0.2) is 0 Å². The second-order valence-electron chi connectivity index (χ2n) is 8.08. The molecule has 0 fully saturated rings. The standard InChI is InChI=1S/C26H27NO3/c1-26(2)24(20-8-6-5-7-9-20)27-30-25(26)23(18-10-14-21(28-3)15-11-18)19-12-16-22(29-4)17-13-19/h5-17,23,25H,1-4H3. The molecule has 30 heavy (non-hydrogen) atoms. The molecule has 3 aromatic carbocycles. The van der Waals surface area contributed by atoms with Gasteiger partial charge in [0, 0.05) is 5.92 Å². The summed E-state index contributed by atoms with van der Waals surface area (Å²) in [7, 11) is 3.36. The maximum atomic E-state index is 6.14. The van der Waals surface area contributed by atoms with E-state index in [2.05, 4.69) is 55.4 Å². The summed E-state index contributed by atoms with van der Waals surface area (Å²) in [4.78, 5) is 6.14. The molecule has 0 bridgehead atoms. The third kappa shape index (κ3) is 3.65. The Balaban J connectivity index is 1.75. The van der Waals surface area contributed by atoms with Gasteiger partial charge >= 0.3 is 0 Å². The Morgan fingerprint density at radius 1 is 0.767 bits per heavy atom. The van der Waals surface area contributed by atoms with Crippen LogP contribution in [0.15, 0.2) is 84.0 Å². The SMILES string of the molecule is COc1ccc(C(c2ccc(OC)cc2)C2ON=C(c3ccccc3)C2(C)C)cc1. The fourth-order valence-corrected chi connectivity index (χ4v) is 4.16. The fraction of sp³-hybridized carbons (Fsp3) is 0.269. The first-order chi connectivity index (χ1) is 14.5. The number of methoxy groups -OCH3 is 2. The number of ether oxygens (including phenoxy) is 2. The van der Waals surface area contributed by atoms with Crippen LogP contribution in [0.4, 0.5) is 0 Å². The first-order valence-corrected chi connectivity index (χ1v) is 10.1. The van der Waals surface area contributed by atoms with Crippen molar-refractivity contribution in [1.82, 2.24) is 0 Å². The Hall–Kier alpha value is -3.27. The quantitative estimate of drug-likeness (QED) is 0.535. The predicted octanol–water partition coefficient (Wildman–Crippen LogP) is 5.67. The normalized spacial score (nSPS) is 17.4. The molecule has 1 heterocycles. The van der Waals surface area contributed by atoms with E-state index in [0.29, 0.717) is 0 Å². The van der Waals surface area contributed by atoms with Crippen molar-refractivity contribution < 1.29 is 14.3 Å². The topological polar surface area (TPSA) is 40.0 Å². The highest BCUT2D eigenvalue weighted by Gasteiger charge is 2.47. The van der Waals surface area contributed by atoms with Gasteiger partial charge in [-0.05, 0) is 41.0 Å². The van der Waals surface area contributed by atoms with Crippen molar-refractivity contribution in [2.45, 2.75) is 25.9 Å². The molecule has 3 aromatic rings. The molecule has 1 aliphatic heterocycles. The number of rotatable bonds is 6. The molecule has 1 aliphatic rings. The lowest BCUT2D eigenvalue weighted by atomic mass is 9.71. The van der Waals surface area contributed by atoms with Crippen molar-refractivity contribution >= 4 is 5.71 Å². The van der Waals surface area contributed by atoms with E-state index >= 15 is 0 Å². The molecule has 0 radical (unpaired) electrons. The minimum Gasteiger partial charge on any atom is -0.497 e. The summed E-state index contributed by atoms with van der Waals surface area (Å²) in [6, 6.07) is 26.6. The second-order valence-corrected chi connectivity index (χ2v) is 8.08. The van der Waals surface area contributed by atoms with E-state index in [-0.39, 0.29) is 17.4 Å². The summed E-state index contributed by atoms with van der Waals surface area (Å²) in [5, 5.41) is 4.55. The van der Waals surface area contributed by atoms with Crippen LogP contribution in [0.3, 0.4) is 0 Å². The molecule has 0 saturated heterocycles. The summed E-state index contributed by atoms with van der Waals surface area (Å²) in [6.07, 6.45) is -0.158. The second kappa shape index (κ2) is 8.23. The summed E-state index contributed by atoms with van der Waals surface area (Å²) in [5.41, 5.74) is 4.09. The zero-order valence-corrected chi connectivity index (χ0v) is 17.8. The number of nitrogens with zero attached hydrogens (tertiary/aromatic N) is 1. The Kier molecular flexibility index (Phi) is 5.49. The lowest BCUT2D eigenvalue weighted by Crippen LogP contribution is -2.38. The van der Waals surface area contributed by atoms with Gasteiger partial charge in [-0.2, -0.15) is 0 Å². The van der Waals surface area contributed by atoms with E-state index in [4.69, 9.17) is 14.3 Å². The average molecular weight is 402 g/mol. The average Bonchev–Trinajstić information content (AvgIpc) is 3.10. The van der Waals surface area contributed by atoms with Crippen LogP contribution in [0, 0.1) is 5.41 Å². The number of oxime groups is 1. The lowest BCUT2D eigenvalue weighted by Gasteiger charge is -2.33. The van der Waals surface area contributed by atoms with Gasteiger partial charge in [-0.3, -0.25) is 0 Å². The van der Waals surface area contributed by atoms with Gasteiger partial charge in [0.2, 0.25) is 0 Å². The zero-order chi connectivity index (χ0) is 21.1. The maximum absolute atomic E-state index is 6.14. The smallest absolute Gasteiger partial charge is 0.149 e. The summed E-state index contributed by atoms with van der Waals surface area (Å²) in [5.74, 6) is 1.67. The summed E-state index contributed by atoms with van der Waals surface area (Å²) in [6.45, 7) is 4.41. The van der Waals surface area contributed by atoms with Crippen molar-refractivity contribution in [3.63, 3.8) is 0 Å². The van der Waals surface area contributed by atoms with Crippen molar-refractivity contribution in [3.8, 4) is 11.5 Å². The van der Waals surface area contributed by atoms with Crippen molar-refractivity contribution in [1.29, 1.82) is 0 Å². The van der Waals surface area contributed by atoms with Crippen LogP contribution < -0.4 is 9.47 Å². The fourth-order valence-electron chi connectivity index (χ4n) is 4.16. The van der Waals surface area contributed by atoms with Crippen LogP contribution in [0.5, 0.6) is 11.5 Å². The Bertz CT molecular complexity index is 961. The summed E-state index contributed by atoms with van der Waals surface area (Å²) >= 11 is 0. The van der Waals surface area contributed by atoms with Crippen molar-refractivity contribution in [3.05, 3.63) is 95.6 Å². The molecular weight excluding hydrogens is 374 g/mol. The van der Waals surface area contributed by atoms with Crippen LogP contribution in [0.2, 0.25) is 0 Å². The minimum atomic E-state index is -0.286. The molecule has 4 nitrogen and oxygen atoms in total. The minimum absolute atomic E-state index is 0.00164. The molecule has 0 saturated carbocycles. The highest BCUT2D eigenvalue weighted by Crippen LogP contribution is 2.45. The molecule has 4 heteroatoms. The van der Waals surface area contributed by atoms with E-state index in [0.717, 1.165) is 33.9 Å². The van der Waals surface area contributed by atoms with Crippen molar-refractivity contribution in [2.24, 2.45) is 10.6 Å². The molecule has 0 spiro atoms. The van der Waals surface area contributed by atoms with E-state index in [1.54, 1.807) is 14.2 Å². The predicted molar refractivity (Wildman–Crippen MR) is 119 cm³/mol. The highest BCUT2D eigenvalue weighted by molar-refractivity contribution is 6.05. The van der Waals surface area contributed by atoms with Crippen LogP contribution in [-0.2, 0) is 4.84 Å². The van der Waals surface area contributed by atoms with Crippen LogP contribution in [0.25, 0.3) is 0 Å². The van der Waals surface area contributed by atoms with Crippen LogP contribution in [0.1, 0.15) is 36.5 Å². The monoisotopic (exact) mass is 401 g/mol. The molecule has 4 rings (SSSR count). The van der Waals surface area contributed by atoms with Gasteiger partial charge < -0.3 is 14.3 Å². The van der Waals surface area contributed by atoms with E-state index in [1.165, 1.54) is 0 Å². The Morgan fingerprint density at radius 2 is 1.27 bits per heavy atom. The van der Waals surface area contributed by atoms with Gasteiger partial charge in [0.05, 0.1) is 25.3 Å². The lowest BCUT2D eigenvalue weighted by molar-refractivity contribution is 0.0247. The molecule has 0 aromatic heterocycles. The Labute approximate surface area is 178 Å². The molecule has 1 atom stereocenters. The van der Waals surface area contributed by atoms with Crippen molar-refractivity contribution in [2.75, 3.05) is 14.2 Å². The first kappa shape index (κ1) is 20.0. The largest absolute Gasteiger partial charge is 0.497 e. The van der Waals surface area contributed by atoms with Gasteiger partial charge in [-0.1, -0.05) is 73.6 Å². The third-order valence-corrected chi connectivity index (χ3v) is 5.88. The molecule has 0 N–H and O–H groups in total. The van der Waals surface area contributed by atoms with Gasteiger partial charge in [0.1, 0.15) is 17.6 Å². The van der Waals surface area contributed by atoms with Gasteiger partial charge in [0.15, 0.2) is 0 Å². The van der Waals surface area contributed by atoms with E-state index in [9.17, 15) is 0 Å². The van der Waals surface area contributed by atoms with Gasteiger partial charge in [-0.15, -0.1) is 0 Å². The first-order valence-electron chi connectivity index (χ1n) is 10.1. The van der Waals surface area contributed by atoms with Crippen LogP contribution >= 0.6 is 0 Å². The van der Waals surface area contributed by atoms with Crippen LogP contribution in [-0.4, -0.2) is 26.0 Å². The molecule has 0 amide bonds. The maximum Gasteiger partial charge on any atom is 0.149 e. The molecule has 0 aliphatic carbocycles. The van der Waals surface area contributed by atoms with E-state index in [1.807, 2.05) is 42.5 Å². The third-order valence-electron chi connectivity index (χ3n) is 5.88.